The van der Waals surface area contributed by atoms with Gasteiger partial charge in [-0.25, -0.2) is 9.18 Å². The predicted octanol–water partition coefficient (Wildman–Crippen LogP) is 1.25. The maximum Gasteiger partial charge on any atom is 0.408 e. The fourth-order valence-corrected chi connectivity index (χ4v) is 1.12. The summed E-state index contributed by atoms with van der Waals surface area (Å²) in [7, 11) is 0. The van der Waals surface area contributed by atoms with Crippen LogP contribution in [0.15, 0.2) is 0 Å². The summed E-state index contributed by atoms with van der Waals surface area (Å²) in [6, 6.07) is -0.579. The number of alkyl halides is 1. The maximum absolute atomic E-state index is 13.0. The molecule has 1 heterocycles. The fourth-order valence-electron chi connectivity index (χ4n) is 1.12. The highest BCUT2D eigenvalue weighted by atomic mass is 19.1. The molecule has 4 nitrogen and oxygen atoms in total. The zero-order chi connectivity index (χ0) is 10.8. The molecule has 1 amide bonds. The normalized spacial score (nSPS) is 27.4. The molecule has 5 heteroatoms. The smallest absolute Gasteiger partial charge is 0.408 e. The van der Waals surface area contributed by atoms with Crippen LogP contribution in [0.25, 0.3) is 0 Å². The van der Waals surface area contributed by atoms with E-state index in [0.717, 1.165) is 0 Å². The zero-order valence-electron chi connectivity index (χ0n) is 8.67. The maximum atomic E-state index is 13.0. The van der Waals surface area contributed by atoms with E-state index >= 15 is 0 Å². The van der Waals surface area contributed by atoms with E-state index in [1.54, 1.807) is 20.8 Å². The lowest BCUT2D eigenvalue weighted by atomic mass is 10.2. The summed E-state index contributed by atoms with van der Waals surface area (Å²) < 4.78 is 22.8. The first-order valence-corrected chi connectivity index (χ1v) is 4.60. The number of alkyl carbamates (subject to hydrolysis) is 1. The first-order valence-electron chi connectivity index (χ1n) is 4.60. The summed E-state index contributed by atoms with van der Waals surface area (Å²) in [6.07, 6.45) is -1.74. The first-order chi connectivity index (χ1) is 6.38. The highest BCUT2D eigenvalue weighted by Gasteiger charge is 2.30. The molecule has 14 heavy (non-hydrogen) atoms. The van der Waals surface area contributed by atoms with Crippen molar-refractivity contribution in [2.24, 2.45) is 0 Å². The van der Waals surface area contributed by atoms with Crippen molar-refractivity contribution in [3.63, 3.8) is 0 Å². The minimum atomic E-state index is -1.14. The minimum absolute atomic E-state index is 0.0421. The van der Waals surface area contributed by atoms with Crippen molar-refractivity contribution >= 4 is 6.09 Å². The van der Waals surface area contributed by atoms with Gasteiger partial charge in [-0.1, -0.05) is 0 Å². The Kier molecular flexibility index (Phi) is 3.31. The monoisotopic (exact) mass is 205 g/mol. The summed E-state index contributed by atoms with van der Waals surface area (Å²) in [5, 5.41) is 2.42. The van der Waals surface area contributed by atoms with Gasteiger partial charge >= 0.3 is 6.09 Å². The minimum Gasteiger partial charge on any atom is -0.444 e. The second kappa shape index (κ2) is 4.13. The molecule has 0 aromatic carbocycles. The predicted molar refractivity (Wildman–Crippen MR) is 48.9 cm³/mol. The lowest BCUT2D eigenvalue weighted by Gasteiger charge is -2.21. The van der Waals surface area contributed by atoms with Gasteiger partial charge in [0.1, 0.15) is 11.8 Å². The Hall–Kier alpha value is -0.840. The summed E-state index contributed by atoms with van der Waals surface area (Å²) in [5.41, 5.74) is -0.560. The molecule has 0 radical (unpaired) electrons. The topological polar surface area (TPSA) is 47.6 Å². The summed E-state index contributed by atoms with van der Waals surface area (Å²) in [6.45, 7) is 5.51. The van der Waals surface area contributed by atoms with E-state index in [1.165, 1.54) is 0 Å². The molecular weight excluding hydrogens is 189 g/mol. The summed E-state index contributed by atoms with van der Waals surface area (Å²) in [4.78, 5) is 11.2. The second-order valence-corrected chi connectivity index (χ2v) is 4.31. The average Bonchev–Trinajstić information content (AvgIpc) is 2.32. The van der Waals surface area contributed by atoms with E-state index in [4.69, 9.17) is 9.47 Å². The van der Waals surface area contributed by atoms with Gasteiger partial charge in [0, 0.05) is 0 Å². The Morgan fingerprint density at radius 1 is 1.50 bits per heavy atom. The van der Waals surface area contributed by atoms with Gasteiger partial charge in [0.2, 0.25) is 0 Å². The van der Waals surface area contributed by atoms with Crippen LogP contribution in [0, 0.1) is 0 Å². The van der Waals surface area contributed by atoms with Gasteiger partial charge in [0.15, 0.2) is 0 Å². The van der Waals surface area contributed by atoms with Crippen LogP contribution in [-0.4, -0.2) is 37.1 Å². The molecular formula is C9H16FNO3. The Balaban J connectivity index is 2.33. The van der Waals surface area contributed by atoms with Gasteiger partial charge in [-0.05, 0) is 20.8 Å². The number of carbonyl (C=O) groups is 1. The largest absolute Gasteiger partial charge is 0.444 e. The Morgan fingerprint density at radius 3 is 2.57 bits per heavy atom. The molecule has 1 fully saturated rings. The van der Waals surface area contributed by atoms with Crippen molar-refractivity contribution in [2.75, 3.05) is 13.2 Å². The number of nitrogens with one attached hydrogen (secondary N) is 1. The lowest BCUT2D eigenvalue weighted by Crippen LogP contribution is -2.43. The van der Waals surface area contributed by atoms with Crippen molar-refractivity contribution in [2.45, 2.75) is 38.6 Å². The number of ether oxygens (including phenoxy) is 2. The van der Waals surface area contributed by atoms with E-state index in [1.807, 2.05) is 0 Å². The van der Waals surface area contributed by atoms with Gasteiger partial charge in [-0.3, -0.25) is 0 Å². The molecule has 0 aromatic rings. The van der Waals surface area contributed by atoms with Crippen molar-refractivity contribution in [1.29, 1.82) is 0 Å². The molecule has 82 valence electrons. The number of carbonyl (C=O) groups excluding carboxylic acids is 1. The molecule has 1 rings (SSSR count). The van der Waals surface area contributed by atoms with Crippen LogP contribution in [0.3, 0.4) is 0 Å². The third-order valence-electron chi connectivity index (χ3n) is 1.71. The zero-order valence-corrected chi connectivity index (χ0v) is 8.67. The van der Waals surface area contributed by atoms with Crippen molar-refractivity contribution in [3.05, 3.63) is 0 Å². The molecule has 1 saturated heterocycles. The van der Waals surface area contributed by atoms with Crippen LogP contribution in [0.1, 0.15) is 20.8 Å². The SMILES string of the molecule is CC(C)(C)OC(=O)NC1COCC1F. The average molecular weight is 205 g/mol. The Labute approximate surface area is 82.8 Å². The van der Waals surface area contributed by atoms with Crippen LogP contribution in [0.2, 0.25) is 0 Å². The third-order valence-corrected chi connectivity index (χ3v) is 1.71. The van der Waals surface area contributed by atoms with Gasteiger partial charge < -0.3 is 14.8 Å². The van der Waals surface area contributed by atoms with E-state index in [-0.39, 0.29) is 13.2 Å². The molecule has 1 N–H and O–H groups in total. The van der Waals surface area contributed by atoms with Crippen molar-refractivity contribution in [3.8, 4) is 0 Å². The number of amides is 1. The molecule has 2 atom stereocenters. The standard InChI is InChI=1S/C9H16FNO3/c1-9(2,3)14-8(12)11-7-5-13-4-6(7)10/h6-7H,4-5H2,1-3H3,(H,11,12). The quantitative estimate of drug-likeness (QED) is 0.700. The second-order valence-electron chi connectivity index (χ2n) is 4.31. The number of hydrogen-bond donors (Lipinski definition) is 1. The molecule has 2 unspecified atom stereocenters. The van der Waals surface area contributed by atoms with Gasteiger partial charge in [0.05, 0.1) is 19.3 Å². The molecule has 1 aliphatic heterocycles. The van der Waals surface area contributed by atoms with Crippen LogP contribution in [0.4, 0.5) is 9.18 Å². The molecule has 0 spiro atoms. The Bertz CT molecular complexity index is 215. The van der Waals surface area contributed by atoms with E-state index in [9.17, 15) is 9.18 Å². The van der Waals surface area contributed by atoms with Crippen LogP contribution in [0.5, 0.6) is 0 Å². The fraction of sp³-hybridized carbons (Fsp3) is 0.889. The number of hydrogen-bond acceptors (Lipinski definition) is 3. The number of halogens is 1. The highest BCUT2D eigenvalue weighted by Crippen LogP contribution is 2.11. The van der Waals surface area contributed by atoms with E-state index in [2.05, 4.69) is 5.32 Å². The third kappa shape index (κ3) is 3.49. The molecule has 0 saturated carbocycles. The Morgan fingerprint density at radius 2 is 2.14 bits per heavy atom. The lowest BCUT2D eigenvalue weighted by molar-refractivity contribution is 0.0485. The molecule has 0 aliphatic carbocycles. The van der Waals surface area contributed by atoms with Crippen LogP contribution in [-0.2, 0) is 9.47 Å². The van der Waals surface area contributed by atoms with Gasteiger partial charge in [-0.15, -0.1) is 0 Å². The molecule has 0 aromatic heterocycles. The highest BCUT2D eigenvalue weighted by molar-refractivity contribution is 5.68. The van der Waals surface area contributed by atoms with Crippen LogP contribution < -0.4 is 5.32 Å². The van der Waals surface area contributed by atoms with E-state index < -0.39 is 23.9 Å². The van der Waals surface area contributed by atoms with Gasteiger partial charge in [0.25, 0.3) is 0 Å². The summed E-state index contributed by atoms with van der Waals surface area (Å²) in [5.74, 6) is 0. The van der Waals surface area contributed by atoms with E-state index in [0.29, 0.717) is 0 Å². The number of rotatable bonds is 1. The van der Waals surface area contributed by atoms with Crippen molar-refractivity contribution < 1.29 is 18.7 Å². The van der Waals surface area contributed by atoms with Gasteiger partial charge in [-0.2, -0.15) is 0 Å². The summed E-state index contributed by atoms with van der Waals surface area (Å²) >= 11 is 0. The first kappa shape index (κ1) is 11.2. The van der Waals surface area contributed by atoms with Crippen LogP contribution >= 0.6 is 0 Å². The van der Waals surface area contributed by atoms with Crippen molar-refractivity contribution in [1.82, 2.24) is 5.32 Å². The molecule has 1 aliphatic rings. The molecule has 0 bridgehead atoms.